The van der Waals surface area contributed by atoms with E-state index in [1.54, 1.807) is 0 Å². The monoisotopic (exact) mass is 187 g/mol. The summed E-state index contributed by atoms with van der Waals surface area (Å²) in [4.78, 5) is 30.5. The maximum absolute atomic E-state index is 10.8. The maximum Gasteiger partial charge on any atom is 0.336 e. The molecule has 1 aliphatic heterocycles. The molecule has 1 aliphatic rings. The van der Waals surface area contributed by atoms with Gasteiger partial charge in [-0.05, 0) is 6.42 Å². The molecule has 0 aliphatic carbocycles. The van der Waals surface area contributed by atoms with Gasteiger partial charge in [-0.25, -0.2) is 9.59 Å². The highest BCUT2D eigenvalue weighted by Gasteiger charge is 2.22. The van der Waals surface area contributed by atoms with Crippen LogP contribution < -0.4 is 5.73 Å². The van der Waals surface area contributed by atoms with Crippen LogP contribution >= 0.6 is 0 Å². The summed E-state index contributed by atoms with van der Waals surface area (Å²) in [5, 5.41) is 7.20. The molecule has 3 N–H and O–H groups in total. The highest BCUT2D eigenvalue weighted by Crippen LogP contribution is 2.07. The van der Waals surface area contributed by atoms with Crippen LogP contribution in [0.15, 0.2) is 0 Å². The van der Waals surface area contributed by atoms with Crippen LogP contribution in [0.5, 0.6) is 0 Å². The first kappa shape index (κ1) is 9.30. The quantitative estimate of drug-likeness (QED) is 0.383. The van der Waals surface area contributed by atoms with E-state index in [2.05, 4.69) is 9.68 Å². The lowest BCUT2D eigenvalue weighted by Crippen LogP contribution is -2.40. The average Bonchev–Trinajstić information content (AvgIpc) is 1.99. The van der Waals surface area contributed by atoms with Gasteiger partial charge in [0.25, 0.3) is 5.96 Å². The molecular formula is C6H9N3O4. The molecule has 0 radical (unpaired) electrons. The van der Waals surface area contributed by atoms with Crippen LogP contribution in [0.3, 0.4) is 0 Å². The van der Waals surface area contributed by atoms with Crippen molar-refractivity contribution in [3.63, 3.8) is 0 Å². The molecule has 13 heavy (non-hydrogen) atoms. The second-order valence-corrected chi connectivity index (χ2v) is 2.42. The third-order valence-electron chi connectivity index (χ3n) is 1.33. The normalized spacial score (nSPS) is 18.3. The summed E-state index contributed by atoms with van der Waals surface area (Å²) in [6, 6.07) is 0. The Labute approximate surface area is 73.8 Å². The summed E-state index contributed by atoms with van der Waals surface area (Å²) in [6.45, 7) is 0. The fourth-order valence-electron chi connectivity index (χ4n) is 0.770. The Morgan fingerprint density at radius 1 is 1.31 bits per heavy atom. The molecule has 0 bridgehead atoms. The fourth-order valence-corrected chi connectivity index (χ4v) is 0.770. The minimum atomic E-state index is -0.649. The van der Waals surface area contributed by atoms with Crippen LogP contribution in [0.2, 0.25) is 0 Å². The number of carbonyl (C=O) groups is 2. The minimum absolute atomic E-state index is 0.110. The molecule has 0 atom stereocenters. The number of nitrogens with two attached hydrogens (primary N) is 1. The molecule has 0 aromatic rings. The van der Waals surface area contributed by atoms with Gasteiger partial charge in [-0.2, -0.15) is 0 Å². The van der Waals surface area contributed by atoms with Gasteiger partial charge < -0.3 is 15.4 Å². The van der Waals surface area contributed by atoms with Crippen LogP contribution in [0, 0.1) is 5.41 Å². The molecule has 7 heteroatoms. The molecule has 7 nitrogen and oxygen atoms in total. The molecule has 0 aromatic heterocycles. The number of hydrogen-bond acceptors (Lipinski definition) is 5. The van der Waals surface area contributed by atoms with E-state index in [1.165, 1.54) is 0 Å². The van der Waals surface area contributed by atoms with Crippen molar-refractivity contribution in [2.45, 2.75) is 19.3 Å². The highest BCUT2D eigenvalue weighted by molar-refractivity contribution is 5.79. The molecule has 1 fully saturated rings. The van der Waals surface area contributed by atoms with Crippen molar-refractivity contribution in [2.75, 3.05) is 0 Å². The molecule has 72 valence electrons. The minimum Gasteiger partial charge on any atom is -0.365 e. The SMILES string of the molecule is N=C(N)N1OC(=O)CCCC(=O)O1. The Balaban J connectivity index is 2.64. The van der Waals surface area contributed by atoms with Crippen LogP contribution in [0.4, 0.5) is 0 Å². The molecule has 0 amide bonds. The smallest absolute Gasteiger partial charge is 0.336 e. The largest absolute Gasteiger partial charge is 0.365 e. The van der Waals surface area contributed by atoms with Crippen molar-refractivity contribution in [2.24, 2.45) is 5.73 Å². The van der Waals surface area contributed by atoms with Crippen molar-refractivity contribution in [1.82, 2.24) is 5.23 Å². The van der Waals surface area contributed by atoms with Gasteiger partial charge >= 0.3 is 11.9 Å². The standard InChI is InChI=1S/C6H9N3O4/c7-6(8)9-12-4(10)2-1-3-5(11)13-9/h1-3H2,(H3,7,8). The van der Waals surface area contributed by atoms with E-state index >= 15 is 0 Å². The molecule has 1 saturated heterocycles. The Hall–Kier alpha value is -1.79. The predicted molar refractivity (Wildman–Crippen MR) is 39.8 cm³/mol. The summed E-state index contributed by atoms with van der Waals surface area (Å²) in [5.74, 6) is -1.81. The first-order chi connectivity index (χ1) is 6.09. The fraction of sp³-hybridized carbons (Fsp3) is 0.500. The van der Waals surface area contributed by atoms with E-state index in [0.717, 1.165) is 0 Å². The Bertz CT molecular complexity index is 234. The Morgan fingerprint density at radius 3 is 2.15 bits per heavy atom. The van der Waals surface area contributed by atoms with E-state index in [0.29, 0.717) is 11.6 Å². The highest BCUT2D eigenvalue weighted by atomic mass is 17.0. The zero-order chi connectivity index (χ0) is 9.84. The summed E-state index contributed by atoms with van der Waals surface area (Å²) < 4.78 is 0. The maximum atomic E-state index is 10.8. The number of carbonyl (C=O) groups excluding carboxylic acids is 2. The second-order valence-electron chi connectivity index (χ2n) is 2.42. The van der Waals surface area contributed by atoms with Crippen molar-refractivity contribution in [1.29, 1.82) is 5.41 Å². The molecular weight excluding hydrogens is 178 g/mol. The van der Waals surface area contributed by atoms with Crippen LogP contribution in [0.1, 0.15) is 19.3 Å². The van der Waals surface area contributed by atoms with Gasteiger partial charge in [0.2, 0.25) is 0 Å². The first-order valence-corrected chi connectivity index (χ1v) is 3.65. The number of hydroxylamine groups is 2. The predicted octanol–water partition coefficient (Wildman–Crippen LogP) is -0.718. The molecule has 1 heterocycles. The van der Waals surface area contributed by atoms with E-state index in [-0.39, 0.29) is 12.8 Å². The number of rotatable bonds is 0. The topological polar surface area (TPSA) is 106 Å². The zero-order valence-electron chi connectivity index (χ0n) is 6.78. The van der Waals surface area contributed by atoms with Gasteiger partial charge in [0.05, 0.1) is 0 Å². The van der Waals surface area contributed by atoms with Crippen molar-refractivity contribution < 1.29 is 19.3 Å². The Morgan fingerprint density at radius 2 is 1.77 bits per heavy atom. The molecule has 0 aromatic carbocycles. The lowest BCUT2D eigenvalue weighted by Gasteiger charge is -2.20. The van der Waals surface area contributed by atoms with E-state index in [4.69, 9.17) is 11.1 Å². The second kappa shape index (κ2) is 3.74. The lowest BCUT2D eigenvalue weighted by molar-refractivity contribution is -0.286. The number of nitrogens with zero attached hydrogens (tertiary/aromatic N) is 1. The van der Waals surface area contributed by atoms with Crippen LogP contribution in [-0.4, -0.2) is 23.1 Å². The van der Waals surface area contributed by atoms with Crippen molar-refractivity contribution >= 4 is 17.9 Å². The van der Waals surface area contributed by atoms with Gasteiger partial charge in [0.15, 0.2) is 0 Å². The van der Waals surface area contributed by atoms with Crippen LogP contribution in [0.25, 0.3) is 0 Å². The van der Waals surface area contributed by atoms with Gasteiger partial charge in [0.1, 0.15) is 0 Å². The lowest BCUT2D eigenvalue weighted by atomic mass is 10.2. The molecule has 0 saturated carbocycles. The van der Waals surface area contributed by atoms with Gasteiger partial charge in [-0.3, -0.25) is 5.41 Å². The number of hydrogen-bond donors (Lipinski definition) is 2. The Kier molecular flexibility index (Phi) is 2.68. The molecule has 0 spiro atoms. The number of nitrogens with one attached hydrogen (secondary N) is 1. The summed E-state index contributed by atoms with van der Waals surface area (Å²) in [6.07, 6.45) is 0.598. The molecule has 0 unspecified atom stereocenters. The van der Waals surface area contributed by atoms with E-state index < -0.39 is 17.9 Å². The third kappa shape index (κ3) is 2.62. The third-order valence-corrected chi connectivity index (χ3v) is 1.33. The number of guanidine groups is 1. The zero-order valence-corrected chi connectivity index (χ0v) is 6.78. The molecule has 1 rings (SSSR count). The van der Waals surface area contributed by atoms with Gasteiger partial charge in [-0.15, -0.1) is 0 Å². The summed E-state index contributed by atoms with van der Waals surface area (Å²) in [7, 11) is 0. The summed E-state index contributed by atoms with van der Waals surface area (Å²) in [5.41, 5.74) is 4.97. The average molecular weight is 187 g/mol. The van der Waals surface area contributed by atoms with E-state index in [1.807, 2.05) is 0 Å². The van der Waals surface area contributed by atoms with Crippen molar-refractivity contribution in [3.05, 3.63) is 0 Å². The van der Waals surface area contributed by atoms with Gasteiger partial charge in [-0.1, -0.05) is 0 Å². The summed E-state index contributed by atoms with van der Waals surface area (Å²) >= 11 is 0. The van der Waals surface area contributed by atoms with Crippen LogP contribution in [-0.2, 0) is 19.3 Å². The van der Waals surface area contributed by atoms with Crippen molar-refractivity contribution in [3.8, 4) is 0 Å². The van der Waals surface area contributed by atoms with E-state index in [9.17, 15) is 9.59 Å². The van der Waals surface area contributed by atoms with Gasteiger partial charge in [0, 0.05) is 18.1 Å². The first-order valence-electron chi connectivity index (χ1n) is 3.65.